The molecule has 0 aliphatic rings. The summed E-state index contributed by atoms with van der Waals surface area (Å²) in [6, 6.07) is 10.6. The summed E-state index contributed by atoms with van der Waals surface area (Å²) in [7, 11) is -3.17. The van der Waals surface area contributed by atoms with E-state index in [4.69, 9.17) is 0 Å². The van der Waals surface area contributed by atoms with Crippen LogP contribution in [0.2, 0.25) is 0 Å². The van der Waals surface area contributed by atoms with Gasteiger partial charge in [0, 0.05) is 5.56 Å². The number of rotatable bonds is 3. The highest BCUT2D eigenvalue weighted by Crippen LogP contribution is 2.22. The zero-order valence-corrected chi connectivity index (χ0v) is 12.6. The number of hydrogen-bond acceptors (Lipinski definition) is 4. The molecule has 0 saturated carbocycles. The molecular weight excluding hydrogens is 286 g/mol. The van der Waals surface area contributed by atoms with Crippen molar-refractivity contribution in [3.8, 4) is 11.3 Å². The SMILES string of the molecule is CCS(=O)(=O)c1ccc(-c2cnc3ccc(C)nn23)cc1. The second-order valence-electron chi connectivity index (χ2n) is 4.82. The van der Waals surface area contributed by atoms with Crippen molar-refractivity contribution in [2.24, 2.45) is 0 Å². The molecule has 2 aromatic heterocycles. The molecule has 2 heterocycles. The van der Waals surface area contributed by atoms with Crippen LogP contribution in [0, 0.1) is 6.92 Å². The molecule has 0 atom stereocenters. The predicted molar refractivity (Wildman–Crippen MR) is 80.9 cm³/mol. The van der Waals surface area contributed by atoms with Crippen LogP contribution in [0.1, 0.15) is 12.6 Å². The molecule has 3 rings (SSSR count). The summed E-state index contributed by atoms with van der Waals surface area (Å²) in [5.41, 5.74) is 3.39. The van der Waals surface area contributed by atoms with Crippen molar-refractivity contribution >= 4 is 15.5 Å². The van der Waals surface area contributed by atoms with Gasteiger partial charge in [-0.25, -0.2) is 17.9 Å². The molecular formula is C15H15N3O2S. The fourth-order valence-electron chi connectivity index (χ4n) is 2.16. The van der Waals surface area contributed by atoms with Crippen LogP contribution < -0.4 is 0 Å². The lowest BCUT2D eigenvalue weighted by atomic mass is 10.2. The van der Waals surface area contributed by atoms with E-state index >= 15 is 0 Å². The van der Waals surface area contributed by atoms with Crippen LogP contribution in [0.5, 0.6) is 0 Å². The van der Waals surface area contributed by atoms with Gasteiger partial charge in [-0.15, -0.1) is 0 Å². The lowest BCUT2D eigenvalue weighted by molar-refractivity contribution is 0.597. The molecule has 0 aliphatic carbocycles. The molecule has 1 aromatic carbocycles. The van der Waals surface area contributed by atoms with Gasteiger partial charge in [0.05, 0.1) is 28.2 Å². The first-order valence-electron chi connectivity index (χ1n) is 6.66. The van der Waals surface area contributed by atoms with Gasteiger partial charge in [0.2, 0.25) is 0 Å². The number of nitrogens with zero attached hydrogens (tertiary/aromatic N) is 3. The molecule has 0 amide bonds. The van der Waals surface area contributed by atoms with E-state index in [1.165, 1.54) is 0 Å². The van der Waals surface area contributed by atoms with E-state index in [0.29, 0.717) is 4.90 Å². The Balaban J connectivity index is 2.09. The number of fused-ring (bicyclic) bond motifs is 1. The van der Waals surface area contributed by atoms with E-state index in [1.54, 1.807) is 41.9 Å². The van der Waals surface area contributed by atoms with Crippen molar-refractivity contribution in [1.29, 1.82) is 0 Å². The van der Waals surface area contributed by atoms with Gasteiger partial charge < -0.3 is 0 Å². The molecule has 0 fully saturated rings. The Morgan fingerprint density at radius 3 is 2.48 bits per heavy atom. The minimum atomic E-state index is -3.17. The first kappa shape index (κ1) is 13.8. The number of aromatic nitrogens is 3. The van der Waals surface area contributed by atoms with Gasteiger partial charge in [0.25, 0.3) is 0 Å². The third-order valence-corrected chi connectivity index (χ3v) is 5.14. The van der Waals surface area contributed by atoms with Crippen molar-refractivity contribution in [2.75, 3.05) is 5.75 Å². The van der Waals surface area contributed by atoms with E-state index in [1.807, 2.05) is 19.1 Å². The summed E-state index contributed by atoms with van der Waals surface area (Å²) in [5, 5.41) is 4.44. The monoisotopic (exact) mass is 301 g/mol. The van der Waals surface area contributed by atoms with Gasteiger partial charge in [0.1, 0.15) is 0 Å². The Labute approximate surface area is 123 Å². The van der Waals surface area contributed by atoms with Gasteiger partial charge in [-0.3, -0.25) is 0 Å². The first-order chi connectivity index (χ1) is 10.0. The number of hydrogen-bond donors (Lipinski definition) is 0. The third-order valence-electron chi connectivity index (χ3n) is 3.38. The van der Waals surface area contributed by atoms with Gasteiger partial charge in [-0.2, -0.15) is 5.10 Å². The number of benzene rings is 1. The quantitative estimate of drug-likeness (QED) is 0.745. The summed E-state index contributed by atoms with van der Waals surface area (Å²) in [4.78, 5) is 4.65. The molecule has 0 spiro atoms. The minimum absolute atomic E-state index is 0.0999. The zero-order valence-electron chi connectivity index (χ0n) is 11.8. The van der Waals surface area contributed by atoms with Crippen molar-refractivity contribution in [1.82, 2.24) is 14.6 Å². The van der Waals surface area contributed by atoms with E-state index in [-0.39, 0.29) is 5.75 Å². The van der Waals surface area contributed by atoms with Crippen LogP contribution in [0.4, 0.5) is 0 Å². The maximum Gasteiger partial charge on any atom is 0.178 e. The lowest BCUT2D eigenvalue weighted by Crippen LogP contribution is -2.03. The number of sulfone groups is 1. The summed E-state index contributed by atoms with van der Waals surface area (Å²) in [6.07, 6.45) is 1.74. The van der Waals surface area contributed by atoms with Crippen molar-refractivity contribution in [3.05, 3.63) is 48.3 Å². The van der Waals surface area contributed by atoms with Crippen LogP contribution in [0.3, 0.4) is 0 Å². The molecule has 108 valence electrons. The second-order valence-corrected chi connectivity index (χ2v) is 7.09. The predicted octanol–water partition coefficient (Wildman–Crippen LogP) is 2.50. The second kappa shape index (κ2) is 4.96. The molecule has 3 aromatic rings. The standard InChI is InChI=1S/C15H15N3O2S/c1-3-21(19,20)13-7-5-12(6-8-13)14-10-16-15-9-4-11(2)17-18(14)15/h4-10H,3H2,1-2H3. The molecule has 6 heteroatoms. The van der Waals surface area contributed by atoms with Crippen LogP contribution in [0.25, 0.3) is 16.9 Å². The molecule has 0 aliphatic heterocycles. The largest absolute Gasteiger partial charge is 0.235 e. The van der Waals surface area contributed by atoms with E-state index in [9.17, 15) is 8.42 Å². The molecule has 0 bridgehead atoms. The normalized spacial score (nSPS) is 11.9. The summed E-state index contributed by atoms with van der Waals surface area (Å²) in [6.45, 7) is 3.56. The topological polar surface area (TPSA) is 64.3 Å². The highest BCUT2D eigenvalue weighted by Gasteiger charge is 2.12. The van der Waals surface area contributed by atoms with E-state index in [2.05, 4.69) is 10.1 Å². The average molecular weight is 301 g/mol. The average Bonchev–Trinajstić information content (AvgIpc) is 2.90. The maximum absolute atomic E-state index is 11.8. The molecule has 5 nitrogen and oxygen atoms in total. The highest BCUT2D eigenvalue weighted by atomic mass is 32.2. The zero-order chi connectivity index (χ0) is 15.0. The van der Waals surface area contributed by atoms with Crippen LogP contribution in [-0.2, 0) is 9.84 Å². The van der Waals surface area contributed by atoms with Gasteiger partial charge in [0.15, 0.2) is 15.5 Å². The van der Waals surface area contributed by atoms with Crippen molar-refractivity contribution < 1.29 is 8.42 Å². The van der Waals surface area contributed by atoms with Crippen LogP contribution >= 0.6 is 0 Å². The first-order valence-corrected chi connectivity index (χ1v) is 8.31. The van der Waals surface area contributed by atoms with E-state index < -0.39 is 9.84 Å². The smallest absolute Gasteiger partial charge is 0.178 e. The Bertz CT molecular complexity index is 896. The molecule has 0 saturated heterocycles. The summed E-state index contributed by atoms with van der Waals surface area (Å²) < 4.78 is 25.4. The minimum Gasteiger partial charge on any atom is -0.235 e. The van der Waals surface area contributed by atoms with E-state index in [0.717, 1.165) is 22.6 Å². The lowest BCUT2D eigenvalue weighted by Gasteiger charge is -2.04. The van der Waals surface area contributed by atoms with Crippen molar-refractivity contribution in [3.63, 3.8) is 0 Å². The maximum atomic E-state index is 11.8. The summed E-state index contributed by atoms with van der Waals surface area (Å²) >= 11 is 0. The Morgan fingerprint density at radius 1 is 1.10 bits per heavy atom. The Kier molecular flexibility index (Phi) is 3.25. The van der Waals surface area contributed by atoms with Gasteiger partial charge in [-0.05, 0) is 31.2 Å². The Morgan fingerprint density at radius 2 is 1.81 bits per heavy atom. The molecule has 0 N–H and O–H groups in total. The van der Waals surface area contributed by atoms with Crippen LogP contribution in [-0.4, -0.2) is 28.8 Å². The number of imidazole rings is 1. The van der Waals surface area contributed by atoms with Crippen LogP contribution in [0.15, 0.2) is 47.5 Å². The van der Waals surface area contributed by atoms with Crippen molar-refractivity contribution in [2.45, 2.75) is 18.7 Å². The fraction of sp³-hybridized carbons (Fsp3) is 0.200. The highest BCUT2D eigenvalue weighted by molar-refractivity contribution is 7.91. The Hall–Kier alpha value is -2.21. The third kappa shape index (κ3) is 2.42. The molecule has 0 radical (unpaired) electrons. The number of aryl methyl sites for hydroxylation is 1. The fourth-order valence-corrected chi connectivity index (χ4v) is 3.05. The van der Waals surface area contributed by atoms with Gasteiger partial charge >= 0.3 is 0 Å². The van der Waals surface area contributed by atoms with Gasteiger partial charge in [-0.1, -0.05) is 19.1 Å². The molecule has 0 unspecified atom stereocenters. The summed E-state index contributed by atoms with van der Waals surface area (Å²) in [5.74, 6) is 0.0999. The molecule has 21 heavy (non-hydrogen) atoms.